The molecular formula is C11H18N4O3. The summed E-state index contributed by atoms with van der Waals surface area (Å²) >= 11 is 0. The lowest BCUT2D eigenvalue weighted by Crippen LogP contribution is -2.37. The third-order valence-corrected chi connectivity index (χ3v) is 2.52. The molecule has 0 aliphatic carbocycles. The highest BCUT2D eigenvalue weighted by atomic mass is 16.4. The fourth-order valence-electron chi connectivity index (χ4n) is 1.58. The van der Waals surface area contributed by atoms with Gasteiger partial charge in [0.1, 0.15) is 5.84 Å². The summed E-state index contributed by atoms with van der Waals surface area (Å²) in [6, 6.07) is -0.210. The lowest BCUT2D eigenvalue weighted by Gasteiger charge is -2.15. The molecule has 1 aromatic heterocycles. The van der Waals surface area contributed by atoms with Gasteiger partial charge in [0.15, 0.2) is 5.89 Å². The van der Waals surface area contributed by atoms with Gasteiger partial charge >= 0.3 is 0 Å². The molecule has 0 aliphatic heterocycles. The molecule has 1 atom stereocenters. The van der Waals surface area contributed by atoms with Crippen LogP contribution in [0.25, 0.3) is 0 Å². The van der Waals surface area contributed by atoms with Crippen LogP contribution in [0.5, 0.6) is 0 Å². The molecule has 1 aromatic rings. The van der Waals surface area contributed by atoms with Crippen LogP contribution in [0.2, 0.25) is 0 Å². The lowest BCUT2D eigenvalue weighted by atomic mass is 10.1. The summed E-state index contributed by atoms with van der Waals surface area (Å²) in [7, 11) is 0. The van der Waals surface area contributed by atoms with Crippen molar-refractivity contribution in [2.45, 2.75) is 39.7 Å². The average molecular weight is 254 g/mol. The van der Waals surface area contributed by atoms with E-state index in [4.69, 9.17) is 15.4 Å². The van der Waals surface area contributed by atoms with Crippen LogP contribution in [0.3, 0.4) is 0 Å². The van der Waals surface area contributed by atoms with Crippen LogP contribution in [-0.4, -0.2) is 28.0 Å². The summed E-state index contributed by atoms with van der Waals surface area (Å²) < 4.78 is 5.22. The zero-order valence-corrected chi connectivity index (χ0v) is 10.7. The number of nitrogens with zero attached hydrogens (tertiary/aromatic N) is 2. The number of hydrogen-bond donors (Lipinski definition) is 3. The number of nitrogens with two attached hydrogens (primary N) is 1. The molecule has 0 aromatic carbocycles. The zero-order valence-electron chi connectivity index (χ0n) is 10.7. The van der Waals surface area contributed by atoms with E-state index < -0.39 is 0 Å². The Morgan fingerprint density at radius 2 is 2.28 bits per heavy atom. The molecule has 1 unspecified atom stereocenters. The van der Waals surface area contributed by atoms with Gasteiger partial charge in [-0.15, -0.1) is 0 Å². The van der Waals surface area contributed by atoms with Crippen molar-refractivity contribution in [1.82, 2.24) is 10.3 Å². The van der Waals surface area contributed by atoms with E-state index in [1.165, 1.54) is 0 Å². The quantitative estimate of drug-likeness (QED) is 0.313. The molecule has 18 heavy (non-hydrogen) atoms. The van der Waals surface area contributed by atoms with Crippen molar-refractivity contribution in [2.75, 3.05) is 0 Å². The molecule has 0 spiro atoms. The first-order valence-corrected chi connectivity index (χ1v) is 5.69. The average Bonchev–Trinajstić information content (AvgIpc) is 2.67. The maximum absolute atomic E-state index is 11.9. The number of oxime groups is 1. The molecule has 1 amide bonds. The highest BCUT2D eigenvalue weighted by Crippen LogP contribution is 2.10. The molecule has 7 heteroatoms. The third-order valence-electron chi connectivity index (χ3n) is 2.52. The molecule has 1 rings (SSSR count). The molecule has 0 saturated heterocycles. The summed E-state index contributed by atoms with van der Waals surface area (Å²) in [5, 5.41) is 14.1. The van der Waals surface area contributed by atoms with Crippen molar-refractivity contribution in [3.8, 4) is 0 Å². The third kappa shape index (κ3) is 3.47. The van der Waals surface area contributed by atoms with Crippen molar-refractivity contribution in [2.24, 2.45) is 10.9 Å². The topological polar surface area (TPSA) is 114 Å². The van der Waals surface area contributed by atoms with Crippen LogP contribution in [0.15, 0.2) is 9.57 Å². The summed E-state index contributed by atoms with van der Waals surface area (Å²) in [6.07, 6.45) is 0.943. The first-order chi connectivity index (χ1) is 8.47. The van der Waals surface area contributed by atoms with Crippen LogP contribution in [0.1, 0.15) is 41.9 Å². The first kappa shape index (κ1) is 14.0. The van der Waals surface area contributed by atoms with Crippen LogP contribution in [0.4, 0.5) is 0 Å². The van der Waals surface area contributed by atoms with E-state index in [2.05, 4.69) is 15.5 Å². The number of oxazole rings is 1. The molecular weight excluding hydrogens is 236 g/mol. The van der Waals surface area contributed by atoms with Crippen molar-refractivity contribution < 1.29 is 14.4 Å². The normalized spacial score (nSPS) is 13.4. The maximum atomic E-state index is 11.9. The number of aryl methyl sites for hydroxylation is 2. The second-order valence-electron chi connectivity index (χ2n) is 4.02. The molecule has 4 N–H and O–H groups in total. The first-order valence-electron chi connectivity index (χ1n) is 5.69. The van der Waals surface area contributed by atoms with Gasteiger partial charge < -0.3 is 20.7 Å². The number of hydrogen-bond acceptors (Lipinski definition) is 5. The van der Waals surface area contributed by atoms with E-state index in [-0.39, 0.29) is 30.0 Å². The van der Waals surface area contributed by atoms with E-state index in [0.29, 0.717) is 18.0 Å². The van der Waals surface area contributed by atoms with E-state index in [1.807, 2.05) is 6.92 Å². The van der Waals surface area contributed by atoms with E-state index in [0.717, 1.165) is 0 Å². The van der Waals surface area contributed by atoms with Crippen molar-refractivity contribution >= 4 is 11.7 Å². The van der Waals surface area contributed by atoms with Gasteiger partial charge in [-0.1, -0.05) is 12.1 Å². The molecule has 1 heterocycles. The molecule has 100 valence electrons. The largest absolute Gasteiger partial charge is 0.436 e. The number of amides is 1. The Labute approximate surface area is 105 Å². The predicted molar refractivity (Wildman–Crippen MR) is 65.5 cm³/mol. The minimum Gasteiger partial charge on any atom is -0.436 e. The van der Waals surface area contributed by atoms with Gasteiger partial charge in [0, 0.05) is 19.4 Å². The highest BCUT2D eigenvalue weighted by molar-refractivity contribution is 5.93. The second-order valence-corrected chi connectivity index (χ2v) is 4.02. The molecule has 0 fully saturated rings. The van der Waals surface area contributed by atoms with Gasteiger partial charge in [-0.25, -0.2) is 4.98 Å². The van der Waals surface area contributed by atoms with Gasteiger partial charge in [-0.05, 0) is 13.3 Å². The Balaban J connectivity index is 2.71. The predicted octanol–water partition coefficient (Wildman–Crippen LogP) is 0.936. The van der Waals surface area contributed by atoms with Crippen LogP contribution < -0.4 is 11.1 Å². The summed E-state index contributed by atoms with van der Waals surface area (Å²) in [5.41, 5.74) is 5.96. The molecule has 0 aliphatic rings. The van der Waals surface area contributed by atoms with Crippen molar-refractivity contribution in [3.63, 3.8) is 0 Å². The van der Waals surface area contributed by atoms with Crippen molar-refractivity contribution in [1.29, 1.82) is 0 Å². The summed E-state index contributed by atoms with van der Waals surface area (Å²) in [4.78, 5) is 16.0. The van der Waals surface area contributed by atoms with Gasteiger partial charge in [0.05, 0.1) is 5.69 Å². The van der Waals surface area contributed by atoms with Gasteiger partial charge in [-0.3, -0.25) is 4.79 Å². The number of nitrogens with one attached hydrogen (secondary N) is 1. The molecule has 7 nitrogen and oxygen atoms in total. The smallest absolute Gasteiger partial charge is 0.289 e. The van der Waals surface area contributed by atoms with Gasteiger partial charge in [-0.2, -0.15) is 0 Å². The van der Waals surface area contributed by atoms with Crippen LogP contribution in [-0.2, 0) is 0 Å². The number of amidine groups is 1. The Kier molecular flexibility index (Phi) is 4.70. The monoisotopic (exact) mass is 254 g/mol. The fraction of sp³-hybridized carbons (Fsp3) is 0.545. The molecule has 0 radical (unpaired) electrons. The summed E-state index contributed by atoms with van der Waals surface area (Å²) in [6.45, 7) is 5.28. The standard InChI is InChI=1S/C11H18N4O3/c1-4-8(5-9(12)15-17)14-11(16)10-6(2)13-7(3)18-10/h8,17H,4-5H2,1-3H3,(H2,12,15)(H,14,16). The van der Waals surface area contributed by atoms with Crippen LogP contribution >= 0.6 is 0 Å². The van der Waals surface area contributed by atoms with Gasteiger partial charge in [0.2, 0.25) is 5.76 Å². The van der Waals surface area contributed by atoms with Crippen molar-refractivity contribution in [3.05, 3.63) is 17.3 Å². The Hall–Kier alpha value is -2.05. The molecule has 0 saturated carbocycles. The van der Waals surface area contributed by atoms with E-state index >= 15 is 0 Å². The minimum atomic E-state index is -0.342. The Morgan fingerprint density at radius 1 is 1.61 bits per heavy atom. The Bertz CT molecular complexity index is 453. The zero-order chi connectivity index (χ0) is 13.7. The van der Waals surface area contributed by atoms with Gasteiger partial charge in [0.25, 0.3) is 5.91 Å². The minimum absolute atomic E-state index is 0.0765. The lowest BCUT2D eigenvalue weighted by molar-refractivity contribution is 0.0906. The number of carbonyl (C=O) groups is 1. The SMILES string of the molecule is CCC(CC(N)=NO)NC(=O)c1oc(C)nc1C. The number of aromatic nitrogens is 1. The highest BCUT2D eigenvalue weighted by Gasteiger charge is 2.19. The number of carbonyl (C=O) groups excluding carboxylic acids is 1. The Morgan fingerprint density at radius 3 is 2.72 bits per heavy atom. The maximum Gasteiger partial charge on any atom is 0.289 e. The summed E-state index contributed by atoms with van der Waals surface area (Å²) in [5.74, 6) is 0.380. The van der Waals surface area contributed by atoms with E-state index in [1.54, 1.807) is 13.8 Å². The second kappa shape index (κ2) is 6.04. The number of rotatable bonds is 5. The van der Waals surface area contributed by atoms with Crippen LogP contribution in [0, 0.1) is 13.8 Å². The van der Waals surface area contributed by atoms with E-state index in [9.17, 15) is 4.79 Å². The fourth-order valence-corrected chi connectivity index (χ4v) is 1.58. The molecule has 0 bridgehead atoms.